The standard InChI is InChI=1S/C14H20N2OS/c1-12-2-4-13(5-3-12)14(17)16-8-6-15(7-9-16)10-11-18/h2-5,18H,6-11H2,1H3. The highest BCUT2D eigenvalue weighted by molar-refractivity contribution is 7.80. The van der Waals surface area contributed by atoms with E-state index in [2.05, 4.69) is 17.5 Å². The van der Waals surface area contributed by atoms with Crippen LogP contribution in [-0.4, -0.2) is 54.2 Å². The van der Waals surface area contributed by atoms with Crippen molar-refractivity contribution in [2.45, 2.75) is 6.92 Å². The third kappa shape index (κ3) is 3.27. The highest BCUT2D eigenvalue weighted by Gasteiger charge is 2.21. The number of benzene rings is 1. The van der Waals surface area contributed by atoms with Crippen LogP contribution in [0.1, 0.15) is 15.9 Å². The Morgan fingerprint density at radius 1 is 1.17 bits per heavy atom. The third-order valence-electron chi connectivity index (χ3n) is 3.37. The smallest absolute Gasteiger partial charge is 0.253 e. The molecule has 2 rings (SSSR count). The van der Waals surface area contributed by atoms with E-state index in [4.69, 9.17) is 0 Å². The van der Waals surface area contributed by atoms with Crippen molar-refractivity contribution in [2.24, 2.45) is 0 Å². The minimum absolute atomic E-state index is 0.153. The van der Waals surface area contributed by atoms with Gasteiger partial charge in [-0.3, -0.25) is 9.69 Å². The predicted molar refractivity (Wildman–Crippen MR) is 77.4 cm³/mol. The van der Waals surface area contributed by atoms with E-state index in [0.717, 1.165) is 44.0 Å². The van der Waals surface area contributed by atoms with Crippen LogP contribution in [0.2, 0.25) is 0 Å². The summed E-state index contributed by atoms with van der Waals surface area (Å²) in [5, 5.41) is 0. The van der Waals surface area contributed by atoms with Gasteiger partial charge < -0.3 is 4.90 Å². The number of piperazine rings is 1. The summed E-state index contributed by atoms with van der Waals surface area (Å²) in [4.78, 5) is 16.6. The Morgan fingerprint density at radius 3 is 2.33 bits per heavy atom. The molecule has 0 aromatic heterocycles. The van der Waals surface area contributed by atoms with Crippen LogP contribution in [0.5, 0.6) is 0 Å². The number of aryl methyl sites for hydroxylation is 1. The van der Waals surface area contributed by atoms with Crippen molar-refractivity contribution < 1.29 is 4.79 Å². The van der Waals surface area contributed by atoms with Gasteiger partial charge in [-0.2, -0.15) is 12.6 Å². The maximum absolute atomic E-state index is 12.3. The van der Waals surface area contributed by atoms with E-state index in [9.17, 15) is 4.79 Å². The zero-order valence-electron chi connectivity index (χ0n) is 10.8. The lowest BCUT2D eigenvalue weighted by Gasteiger charge is -2.34. The number of rotatable bonds is 3. The summed E-state index contributed by atoms with van der Waals surface area (Å²) in [6.07, 6.45) is 0. The van der Waals surface area contributed by atoms with Crippen LogP contribution in [-0.2, 0) is 0 Å². The molecule has 3 nitrogen and oxygen atoms in total. The molecule has 0 unspecified atom stereocenters. The number of carbonyl (C=O) groups is 1. The molecular formula is C14H20N2OS. The molecule has 1 aliphatic rings. The molecule has 0 saturated carbocycles. The Hall–Kier alpha value is -1.00. The second-order valence-electron chi connectivity index (χ2n) is 4.72. The maximum Gasteiger partial charge on any atom is 0.253 e. The van der Waals surface area contributed by atoms with E-state index in [1.54, 1.807) is 0 Å². The third-order valence-corrected chi connectivity index (χ3v) is 3.57. The molecule has 1 amide bonds. The minimum Gasteiger partial charge on any atom is -0.336 e. The van der Waals surface area contributed by atoms with Crippen molar-refractivity contribution in [1.82, 2.24) is 9.80 Å². The van der Waals surface area contributed by atoms with Crippen molar-refractivity contribution in [3.63, 3.8) is 0 Å². The van der Waals surface area contributed by atoms with Crippen molar-refractivity contribution in [2.75, 3.05) is 38.5 Å². The summed E-state index contributed by atoms with van der Waals surface area (Å²) in [5.41, 5.74) is 1.98. The molecule has 1 aromatic rings. The number of carbonyl (C=O) groups excluding carboxylic acids is 1. The number of nitrogens with zero attached hydrogens (tertiary/aromatic N) is 2. The van der Waals surface area contributed by atoms with Crippen LogP contribution < -0.4 is 0 Å². The number of hydrogen-bond donors (Lipinski definition) is 1. The lowest BCUT2D eigenvalue weighted by atomic mass is 10.1. The van der Waals surface area contributed by atoms with E-state index in [0.29, 0.717) is 0 Å². The van der Waals surface area contributed by atoms with Crippen molar-refractivity contribution in [3.8, 4) is 0 Å². The summed E-state index contributed by atoms with van der Waals surface area (Å²) < 4.78 is 0. The van der Waals surface area contributed by atoms with E-state index in [1.165, 1.54) is 5.56 Å². The van der Waals surface area contributed by atoms with Gasteiger partial charge in [0, 0.05) is 44.0 Å². The molecule has 1 saturated heterocycles. The predicted octanol–water partition coefficient (Wildman–Crippen LogP) is 1.68. The number of thiol groups is 1. The van der Waals surface area contributed by atoms with Crippen LogP contribution in [0.15, 0.2) is 24.3 Å². The molecule has 0 aliphatic carbocycles. The average molecular weight is 264 g/mol. The Bertz CT molecular complexity index is 397. The lowest BCUT2D eigenvalue weighted by molar-refractivity contribution is 0.0645. The lowest BCUT2D eigenvalue weighted by Crippen LogP contribution is -2.49. The summed E-state index contributed by atoms with van der Waals surface area (Å²) in [6, 6.07) is 7.81. The summed E-state index contributed by atoms with van der Waals surface area (Å²) in [6.45, 7) is 6.59. The highest BCUT2D eigenvalue weighted by Crippen LogP contribution is 2.10. The molecule has 0 radical (unpaired) electrons. The van der Waals surface area contributed by atoms with Gasteiger partial charge in [0.2, 0.25) is 0 Å². The SMILES string of the molecule is Cc1ccc(C(=O)N2CCN(CCS)CC2)cc1. The Labute approximate surface area is 114 Å². The van der Waals surface area contributed by atoms with Gasteiger partial charge in [0.05, 0.1) is 0 Å². The fourth-order valence-electron chi connectivity index (χ4n) is 2.19. The average Bonchev–Trinajstić information content (AvgIpc) is 2.40. The Morgan fingerprint density at radius 2 is 1.78 bits per heavy atom. The van der Waals surface area contributed by atoms with Crippen LogP contribution in [0.25, 0.3) is 0 Å². The first-order chi connectivity index (χ1) is 8.70. The largest absolute Gasteiger partial charge is 0.336 e. The number of amides is 1. The summed E-state index contributed by atoms with van der Waals surface area (Å²) in [7, 11) is 0. The van der Waals surface area contributed by atoms with E-state index < -0.39 is 0 Å². The van der Waals surface area contributed by atoms with Crippen LogP contribution >= 0.6 is 12.6 Å². The fourth-order valence-corrected chi connectivity index (χ4v) is 2.48. The van der Waals surface area contributed by atoms with Gasteiger partial charge in [0.15, 0.2) is 0 Å². The van der Waals surface area contributed by atoms with E-state index in [1.807, 2.05) is 36.1 Å². The molecule has 0 atom stereocenters. The molecule has 1 aromatic carbocycles. The molecule has 0 bridgehead atoms. The van der Waals surface area contributed by atoms with E-state index >= 15 is 0 Å². The van der Waals surface area contributed by atoms with Gasteiger partial charge >= 0.3 is 0 Å². The first-order valence-electron chi connectivity index (χ1n) is 6.40. The summed E-state index contributed by atoms with van der Waals surface area (Å²) >= 11 is 4.24. The second kappa shape index (κ2) is 6.25. The van der Waals surface area contributed by atoms with Gasteiger partial charge in [0.1, 0.15) is 0 Å². The second-order valence-corrected chi connectivity index (χ2v) is 5.17. The zero-order chi connectivity index (χ0) is 13.0. The molecular weight excluding hydrogens is 244 g/mol. The minimum atomic E-state index is 0.153. The molecule has 0 N–H and O–H groups in total. The topological polar surface area (TPSA) is 23.6 Å². The Balaban J connectivity index is 1.93. The van der Waals surface area contributed by atoms with Gasteiger partial charge in [-0.05, 0) is 19.1 Å². The quantitative estimate of drug-likeness (QED) is 0.840. The van der Waals surface area contributed by atoms with Crippen molar-refractivity contribution in [1.29, 1.82) is 0 Å². The molecule has 1 heterocycles. The molecule has 0 spiro atoms. The molecule has 4 heteroatoms. The summed E-state index contributed by atoms with van der Waals surface area (Å²) in [5.74, 6) is 1.03. The maximum atomic E-state index is 12.3. The molecule has 18 heavy (non-hydrogen) atoms. The molecule has 1 fully saturated rings. The van der Waals surface area contributed by atoms with Crippen LogP contribution in [0.3, 0.4) is 0 Å². The Kier molecular flexibility index (Phi) is 4.66. The fraction of sp³-hybridized carbons (Fsp3) is 0.500. The van der Waals surface area contributed by atoms with Crippen molar-refractivity contribution >= 4 is 18.5 Å². The molecule has 98 valence electrons. The van der Waals surface area contributed by atoms with E-state index in [-0.39, 0.29) is 5.91 Å². The number of hydrogen-bond acceptors (Lipinski definition) is 3. The monoisotopic (exact) mass is 264 g/mol. The van der Waals surface area contributed by atoms with Gasteiger partial charge in [-0.1, -0.05) is 17.7 Å². The molecule has 1 aliphatic heterocycles. The van der Waals surface area contributed by atoms with Gasteiger partial charge in [0.25, 0.3) is 5.91 Å². The highest BCUT2D eigenvalue weighted by atomic mass is 32.1. The first kappa shape index (κ1) is 13.4. The normalized spacial score (nSPS) is 16.9. The van der Waals surface area contributed by atoms with Gasteiger partial charge in [-0.15, -0.1) is 0 Å². The van der Waals surface area contributed by atoms with Gasteiger partial charge in [-0.25, -0.2) is 0 Å². The van der Waals surface area contributed by atoms with Crippen LogP contribution in [0, 0.1) is 6.92 Å². The zero-order valence-corrected chi connectivity index (χ0v) is 11.7. The van der Waals surface area contributed by atoms with Crippen LogP contribution in [0.4, 0.5) is 0 Å². The first-order valence-corrected chi connectivity index (χ1v) is 7.03. The van der Waals surface area contributed by atoms with Crippen molar-refractivity contribution in [3.05, 3.63) is 35.4 Å².